The van der Waals surface area contributed by atoms with Crippen LogP contribution in [0.15, 0.2) is 0 Å². The Morgan fingerprint density at radius 3 is 2.90 bits per heavy atom. The van der Waals surface area contributed by atoms with Crippen molar-refractivity contribution in [1.29, 1.82) is 0 Å². The number of halogens is 1. The molecular formula is C7H9ClO2. The molecule has 0 spiro atoms. The highest BCUT2D eigenvalue weighted by molar-refractivity contribution is 6.18. The van der Waals surface area contributed by atoms with Crippen LogP contribution in [-0.4, -0.2) is 18.5 Å². The van der Waals surface area contributed by atoms with Crippen LogP contribution in [0.4, 0.5) is 0 Å². The Hall–Kier alpha value is -0.680. The summed E-state index contributed by atoms with van der Waals surface area (Å²) >= 11 is 5.31. The molecule has 0 aromatic carbocycles. The van der Waals surface area contributed by atoms with Crippen molar-refractivity contribution in [2.24, 2.45) is 0 Å². The Labute approximate surface area is 65.5 Å². The first-order valence-corrected chi connectivity index (χ1v) is 3.56. The molecule has 0 bridgehead atoms. The van der Waals surface area contributed by atoms with Gasteiger partial charge in [-0.3, -0.25) is 0 Å². The Bertz CT molecular complexity index is 155. The molecule has 0 saturated heterocycles. The van der Waals surface area contributed by atoms with Gasteiger partial charge in [-0.05, 0) is 6.92 Å². The zero-order valence-corrected chi connectivity index (χ0v) is 6.57. The third-order valence-electron chi connectivity index (χ3n) is 0.685. The number of hydrogen-bond acceptors (Lipinski definition) is 2. The molecule has 0 aliphatic carbocycles. The number of hydrogen-bond donors (Lipinski definition) is 0. The van der Waals surface area contributed by atoms with Gasteiger partial charge >= 0.3 is 5.97 Å². The van der Waals surface area contributed by atoms with E-state index in [0.29, 0.717) is 18.9 Å². The van der Waals surface area contributed by atoms with E-state index in [4.69, 9.17) is 11.6 Å². The number of carbonyl (C=O) groups excluding carboxylic acids is 1. The summed E-state index contributed by atoms with van der Waals surface area (Å²) in [7, 11) is 0. The summed E-state index contributed by atoms with van der Waals surface area (Å²) in [6, 6.07) is 0. The van der Waals surface area contributed by atoms with Crippen LogP contribution in [0.3, 0.4) is 0 Å². The second-order valence-corrected chi connectivity index (χ2v) is 1.84. The fourth-order valence-corrected chi connectivity index (χ4v) is 0.444. The predicted octanol–water partition coefficient (Wildman–Crippen LogP) is 1.18. The molecule has 0 aromatic rings. The average molecular weight is 161 g/mol. The first-order chi connectivity index (χ1) is 4.81. The second kappa shape index (κ2) is 6.44. The highest BCUT2D eigenvalue weighted by Crippen LogP contribution is 1.80. The van der Waals surface area contributed by atoms with Gasteiger partial charge in [0.05, 0.1) is 6.61 Å². The monoisotopic (exact) mass is 160 g/mol. The lowest BCUT2D eigenvalue weighted by Gasteiger charge is -1.89. The highest BCUT2D eigenvalue weighted by Gasteiger charge is 1.90. The van der Waals surface area contributed by atoms with Gasteiger partial charge in [0.15, 0.2) is 0 Å². The molecule has 0 aliphatic heterocycles. The van der Waals surface area contributed by atoms with Crippen LogP contribution in [0.1, 0.15) is 13.3 Å². The fourth-order valence-electron chi connectivity index (χ4n) is 0.349. The number of carbonyl (C=O) groups is 1. The molecule has 2 nitrogen and oxygen atoms in total. The number of esters is 1. The van der Waals surface area contributed by atoms with Crippen molar-refractivity contribution in [2.45, 2.75) is 13.3 Å². The van der Waals surface area contributed by atoms with Crippen molar-refractivity contribution in [3.63, 3.8) is 0 Å². The fraction of sp³-hybridized carbons (Fsp3) is 0.571. The van der Waals surface area contributed by atoms with Crippen LogP contribution in [0.2, 0.25) is 0 Å². The first kappa shape index (κ1) is 9.32. The summed E-state index contributed by atoms with van der Waals surface area (Å²) in [5.74, 6) is 4.82. The van der Waals surface area contributed by atoms with E-state index < -0.39 is 5.97 Å². The summed E-state index contributed by atoms with van der Waals surface area (Å²) in [6.45, 7) is 2.11. The van der Waals surface area contributed by atoms with Crippen LogP contribution >= 0.6 is 11.6 Å². The maximum Gasteiger partial charge on any atom is 0.384 e. The minimum Gasteiger partial charge on any atom is -0.456 e. The van der Waals surface area contributed by atoms with Crippen LogP contribution < -0.4 is 0 Å². The SMILES string of the molecule is CCOC(=O)C#CCCCl. The van der Waals surface area contributed by atoms with E-state index in [9.17, 15) is 4.79 Å². The zero-order valence-electron chi connectivity index (χ0n) is 5.82. The van der Waals surface area contributed by atoms with Crippen molar-refractivity contribution in [1.82, 2.24) is 0 Å². The molecular weight excluding hydrogens is 152 g/mol. The quantitative estimate of drug-likeness (QED) is 0.263. The second-order valence-electron chi connectivity index (χ2n) is 1.46. The number of alkyl halides is 1. The standard InChI is InChI=1S/C7H9ClO2/c1-2-10-7(9)5-3-4-6-8/h2,4,6H2,1H3. The maximum absolute atomic E-state index is 10.5. The third kappa shape index (κ3) is 5.46. The lowest BCUT2D eigenvalue weighted by atomic mass is 10.5. The molecule has 0 N–H and O–H groups in total. The van der Waals surface area contributed by atoms with Gasteiger partial charge in [0.25, 0.3) is 0 Å². The van der Waals surface area contributed by atoms with Gasteiger partial charge in [-0.25, -0.2) is 4.79 Å². The Kier molecular flexibility index (Phi) is 6.00. The van der Waals surface area contributed by atoms with E-state index in [1.807, 2.05) is 0 Å². The normalized spacial score (nSPS) is 7.80. The molecule has 0 amide bonds. The van der Waals surface area contributed by atoms with Gasteiger partial charge in [-0.15, -0.1) is 11.6 Å². The number of rotatable bonds is 2. The molecule has 10 heavy (non-hydrogen) atoms. The van der Waals surface area contributed by atoms with Crippen molar-refractivity contribution in [3.8, 4) is 11.8 Å². The summed E-state index contributed by atoms with van der Waals surface area (Å²) in [5.41, 5.74) is 0. The molecule has 0 unspecified atom stereocenters. The van der Waals surface area contributed by atoms with Crippen molar-refractivity contribution in [2.75, 3.05) is 12.5 Å². The average Bonchev–Trinajstić information content (AvgIpc) is 1.89. The van der Waals surface area contributed by atoms with E-state index in [1.54, 1.807) is 6.92 Å². The van der Waals surface area contributed by atoms with Crippen molar-refractivity contribution in [3.05, 3.63) is 0 Å². The molecule has 0 fully saturated rings. The zero-order chi connectivity index (χ0) is 7.82. The molecule has 3 heteroatoms. The van der Waals surface area contributed by atoms with E-state index in [0.717, 1.165) is 0 Å². The minimum absolute atomic E-state index is 0.369. The van der Waals surface area contributed by atoms with Gasteiger partial charge in [0.2, 0.25) is 0 Å². The molecule has 0 saturated carbocycles. The van der Waals surface area contributed by atoms with Crippen LogP contribution in [0, 0.1) is 11.8 Å². The van der Waals surface area contributed by atoms with Gasteiger partial charge in [0.1, 0.15) is 0 Å². The minimum atomic E-state index is -0.479. The van der Waals surface area contributed by atoms with Crippen molar-refractivity contribution >= 4 is 17.6 Å². The molecule has 56 valence electrons. The molecule has 0 aromatic heterocycles. The summed E-state index contributed by atoms with van der Waals surface area (Å²) < 4.78 is 4.53. The summed E-state index contributed by atoms with van der Waals surface area (Å²) in [4.78, 5) is 10.5. The van der Waals surface area contributed by atoms with Crippen LogP contribution in [0.5, 0.6) is 0 Å². The molecule has 0 heterocycles. The molecule has 0 radical (unpaired) electrons. The van der Waals surface area contributed by atoms with Gasteiger partial charge < -0.3 is 4.74 Å². The Balaban J connectivity index is 3.48. The van der Waals surface area contributed by atoms with Gasteiger partial charge in [-0.2, -0.15) is 0 Å². The molecule has 0 rings (SSSR count). The van der Waals surface area contributed by atoms with Crippen LogP contribution in [0.25, 0.3) is 0 Å². The number of ether oxygens (including phenoxy) is 1. The Morgan fingerprint density at radius 2 is 2.40 bits per heavy atom. The van der Waals surface area contributed by atoms with E-state index in [2.05, 4.69) is 16.6 Å². The highest BCUT2D eigenvalue weighted by atomic mass is 35.5. The van der Waals surface area contributed by atoms with Crippen molar-refractivity contribution < 1.29 is 9.53 Å². The molecule has 0 aliphatic rings. The first-order valence-electron chi connectivity index (χ1n) is 3.02. The van der Waals surface area contributed by atoms with Crippen LogP contribution in [-0.2, 0) is 9.53 Å². The van der Waals surface area contributed by atoms with E-state index >= 15 is 0 Å². The lowest BCUT2D eigenvalue weighted by Crippen LogP contribution is -1.99. The van der Waals surface area contributed by atoms with E-state index in [-0.39, 0.29) is 0 Å². The smallest absolute Gasteiger partial charge is 0.384 e. The molecule has 0 atom stereocenters. The maximum atomic E-state index is 10.5. The van der Waals surface area contributed by atoms with Gasteiger partial charge in [-0.1, -0.05) is 5.92 Å². The summed E-state index contributed by atoms with van der Waals surface area (Å²) in [5, 5.41) is 0. The Morgan fingerprint density at radius 1 is 1.70 bits per heavy atom. The van der Waals surface area contributed by atoms with E-state index in [1.165, 1.54) is 0 Å². The van der Waals surface area contributed by atoms with Gasteiger partial charge in [0, 0.05) is 18.2 Å². The third-order valence-corrected chi connectivity index (χ3v) is 0.874. The topological polar surface area (TPSA) is 26.3 Å². The summed E-state index contributed by atoms with van der Waals surface area (Å²) in [6.07, 6.45) is 0.528. The lowest BCUT2D eigenvalue weighted by molar-refractivity contribution is -0.136. The predicted molar refractivity (Wildman–Crippen MR) is 39.7 cm³/mol. The largest absolute Gasteiger partial charge is 0.456 e.